The summed E-state index contributed by atoms with van der Waals surface area (Å²) in [5.41, 5.74) is 6.21. The monoisotopic (exact) mass is 273 g/mol. The van der Waals surface area contributed by atoms with Crippen molar-refractivity contribution in [3.05, 3.63) is 0 Å². The van der Waals surface area contributed by atoms with Gasteiger partial charge in [0.05, 0.1) is 12.7 Å². The summed E-state index contributed by atoms with van der Waals surface area (Å²) in [7, 11) is 0. The van der Waals surface area contributed by atoms with Gasteiger partial charge in [0.15, 0.2) is 0 Å². The molecule has 0 spiro atoms. The maximum absolute atomic E-state index is 6.21. The first-order valence-corrected chi connectivity index (χ1v) is 8.54. The van der Waals surface area contributed by atoms with Gasteiger partial charge in [0.25, 0.3) is 0 Å². The van der Waals surface area contributed by atoms with Gasteiger partial charge in [-0.3, -0.25) is 0 Å². The van der Waals surface area contributed by atoms with Crippen LogP contribution in [0, 0.1) is 5.92 Å². The third-order valence-corrected chi connectivity index (χ3v) is 5.08. The maximum Gasteiger partial charge on any atom is 0.0816 e. The van der Waals surface area contributed by atoms with Crippen molar-refractivity contribution in [2.24, 2.45) is 11.7 Å². The minimum atomic E-state index is 0.243. The molecule has 0 aliphatic carbocycles. The number of ether oxygens (including phenoxy) is 2. The number of unbranched alkanes of at least 4 members (excludes halogenated alkanes) is 1. The highest BCUT2D eigenvalue weighted by atomic mass is 32.2. The molecule has 2 unspecified atom stereocenters. The van der Waals surface area contributed by atoms with E-state index in [-0.39, 0.29) is 6.04 Å². The molecule has 2 rings (SSSR count). The van der Waals surface area contributed by atoms with Crippen LogP contribution in [0.3, 0.4) is 0 Å². The van der Waals surface area contributed by atoms with E-state index >= 15 is 0 Å². The van der Waals surface area contributed by atoms with Gasteiger partial charge < -0.3 is 15.2 Å². The molecule has 2 heterocycles. The van der Waals surface area contributed by atoms with E-state index in [4.69, 9.17) is 15.2 Å². The zero-order valence-corrected chi connectivity index (χ0v) is 12.1. The molecule has 3 nitrogen and oxygen atoms in total. The standard InChI is InChI=1S/C14H27NO2S/c15-13(14-11-18-10-9-17-14)4-2-1-3-12-5-7-16-8-6-12/h12-14H,1-11,15H2. The highest BCUT2D eigenvalue weighted by Gasteiger charge is 2.21. The predicted octanol–water partition coefficient (Wildman–Crippen LogP) is 2.43. The van der Waals surface area contributed by atoms with E-state index in [1.54, 1.807) is 0 Å². The molecule has 0 aromatic rings. The molecular weight excluding hydrogens is 246 g/mol. The van der Waals surface area contributed by atoms with E-state index in [2.05, 4.69) is 0 Å². The van der Waals surface area contributed by atoms with Crippen LogP contribution < -0.4 is 5.73 Å². The third kappa shape index (κ3) is 5.08. The molecule has 0 saturated carbocycles. The smallest absolute Gasteiger partial charge is 0.0816 e. The lowest BCUT2D eigenvalue weighted by atomic mass is 9.93. The van der Waals surface area contributed by atoms with Gasteiger partial charge in [0.1, 0.15) is 0 Å². The molecule has 2 saturated heterocycles. The summed E-state index contributed by atoms with van der Waals surface area (Å²) in [6.07, 6.45) is 7.86. The molecule has 2 aliphatic rings. The molecule has 2 fully saturated rings. The first-order valence-electron chi connectivity index (χ1n) is 7.39. The lowest BCUT2D eigenvalue weighted by Crippen LogP contribution is -2.41. The fourth-order valence-corrected chi connectivity index (χ4v) is 3.74. The van der Waals surface area contributed by atoms with Crippen LogP contribution in [0.5, 0.6) is 0 Å². The Hall–Kier alpha value is 0.230. The Labute approximate surface area is 115 Å². The Bertz CT molecular complexity index is 216. The van der Waals surface area contributed by atoms with Gasteiger partial charge in [-0.25, -0.2) is 0 Å². The second-order valence-corrected chi connectivity index (χ2v) is 6.64. The molecule has 0 aromatic carbocycles. The highest BCUT2D eigenvalue weighted by molar-refractivity contribution is 7.99. The summed E-state index contributed by atoms with van der Waals surface area (Å²) in [6, 6.07) is 0.243. The van der Waals surface area contributed by atoms with Gasteiger partial charge in [-0.05, 0) is 25.2 Å². The zero-order valence-electron chi connectivity index (χ0n) is 11.3. The lowest BCUT2D eigenvalue weighted by molar-refractivity contribution is 0.0531. The maximum atomic E-state index is 6.21. The second kappa shape index (κ2) is 8.41. The summed E-state index contributed by atoms with van der Waals surface area (Å²) in [5.74, 6) is 3.12. The van der Waals surface area contributed by atoms with Crippen molar-refractivity contribution >= 4 is 11.8 Å². The van der Waals surface area contributed by atoms with Crippen molar-refractivity contribution in [1.82, 2.24) is 0 Å². The van der Waals surface area contributed by atoms with Gasteiger partial charge in [0, 0.05) is 30.8 Å². The van der Waals surface area contributed by atoms with Crippen LogP contribution in [0.2, 0.25) is 0 Å². The van der Waals surface area contributed by atoms with Crippen molar-refractivity contribution in [2.45, 2.75) is 50.7 Å². The Morgan fingerprint density at radius 3 is 2.72 bits per heavy atom. The van der Waals surface area contributed by atoms with E-state index in [1.165, 1.54) is 32.1 Å². The van der Waals surface area contributed by atoms with Crippen LogP contribution in [0.25, 0.3) is 0 Å². The minimum Gasteiger partial charge on any atom is -0.381 e. The first kappa shape index (κ1) is 14.6. The normalized spacial score (nSPS) is 28.2. The molecule has 2 N–H and O–H groups in total. The van der Waals surface area contributed by atoms with E-state index in [9.17, 15) is 0 Å². The average Bonchev–Trinajstić information content (AvgIpc) is 2.45. The van der Waals surface area contributed by atoms with E-state index in [1.807, 2.05) is 11.8 Å². The predicted molar refractivity (Wildman–Crippen MR) is 77.1 cm³/mol. The van der Waals surface area contributed by atoms with Gasteiger partial charge in [0.2, 0.25) is 0 Å². The topological polar surface area (TPSA) is 44.5 Å². The quantitative estimate of drug-likeness (QED) is 0.755. The molecule has 18 heavy (non-hydrogen) atoms. The Morgan fingerprint density at radius 2 is 2.00 bits per heavy atom. The number of hydrogen-bond acceptors (Lipinski definition) is 4. The average molecular weight is 273 g/mol. The lowest BCUT2D eigenvalue weighted by Gasteiger charge is -2.28. The van der Waals surface area contributed by atoms with Crippen LogP contribution in [0.15, 0.2) is 0 Å². The third-order valence-electron chi connectivity index (χ3n) is 4.06. The number of thioether (sulfide) groups is 1. The largest absolute Gasteiger partial charge is 0.381 e. The number of nitrogens with two attached hydrogens (primary N) is 1. The van der Waals surface area contributed by atoms with Crippen molar-refractivity contribution in [3.8, 4) is 0 Å². The van der Waals surface area contributed by atoms with E-state index < -0.39 is 0 Å². The van der Waals surface area contributed by atoms with Crippen molar-refractivity contribution in [2.75, 3.05) is 31.3 Å². The molecule has 0 aromatic heterocycles. The van der Waals surface area contributed by atoms with Gasteiger partial charge in [-0.1, -0.05) is 19.3 Å². The number of hydrogen-bond donors (Lipinski definition) is 1. The van der Waals surface area contributed by atoms with Crippen LogP contribution in [0.4, 0.5) is 0 Å². The van der Waals surface area contributed by atoms with E-state index in [0.717, 1.165) is 43.7 Å². The van der Waals surface area contributed by atoms with Crippen LogP contribution >= 0.6 is 11.8 Å². The van der Waals surface area contributed by atoms with Crippen LogP contribution in [0.1, 0.15) is 38.5 Å². The van der Waals surface area contributed by atoms with Gasteiger partial charge >= 0.3 is 0 Å². The summed E-state index contributed by atoms with van der Waals surface area (Å²) in [6.45, 7) is 2.82. The molecule has 0 bridgehead atoms. The van der Waals surface area contributed by atoms with Crippen LogP contribution in [-0.4, -0.2) is 43.5 Å². The van der Waals surface area contributed by atoms with Gasteiger partial charge in [-0.15, -0.1) is 0 Å². The molecule has 106 valence electrons. The summed E-state index contributed by atoms with van der Waals surface area (Å²) >= 11 is 1.97. The summed E-state index contributed by atoms with van der Waals surface area (Å²) in [5, 5.41) is 0. The second-order valence-electron chi connectivity index (χ2n) is 5.49. The Balaban J connectivity index is 1.51. The van der Waals surface area contributed by atoms with Crippen LogP contribution in [-0.2, 0) is 9.47 Å². The molecular formula is C14H27NO2S. The van der Waals surface area contributed by atoms with Gasteiger partial charge in [-0.2, -0.15) is 11.8 Å². The van der Waals surface area contributed by atoms with E-state index in [0.29, 0.717) is 6.10 Å². The highest BCUT2D eigenvalue weighted by Crippen LogP contribution is 2.22. The molecule has 2 aliphatic heterocycles. The first-order chi connectivity index (χ1) is 8.86. The Kier molecular flexibility index (Phi) is 6.84. The molecule has 4 heteroatoms. The zero-order chi connectivity index (χ0) is 12.6. The number of rotatable bonds is 6. The van der Waals surface area contributed by atoms with Crippen molar-refractivity contribution in [3.63, 3.8) is 0 Å². The molecule has 2 atom stereocenters. The molecule has 0 amide bonds. The fraction of sp³-hybridized carbons (Fsp3) is 1.00. The molecule has 0 radical (unpaired) electrons. The summed E-state index contributed by atoms with van der Waals surface area (Å²) in [4.78, 5) is 0. The van der Waals surface area contributed by atoms with Crippen molar-refractivity contribution in [1.29, 1.82) is 0 Å². The SMILES string of the molecule is NC(CCCCC1CCOCC1)C1CSCCO1. The fourth-order valence-electron chi connectivity index (χ4n) is 2.79. The summed E-state index contributed by atoms with van der Waals surface area (Å²) < 4.78 is 11.1. The minimum absolute atomic E-state index is 0.243. The van der Waals surface area contributed by atoms with Crippen molar-refractivity contribution < 1.29 is 9.47 Å². The Morgan fingerprint density at radius 1 is 1.17 bits per heavy atom.